The van der Waals surface area contributed by atoms with E-state index in [4.69, 9.17) is 8.22 Å². The van der Waals surface area contributed by atoms with Crippen molar-refractivity contribution in [2.75, 3.05) is 9.80 Å². The summed E-state index contributed by atoms with van der Waals surface area (Å²) in [6, 6.07) is 57.5. The number of benzene rings is 11. The molecule has 0 saturated heterocycles. The van der Waals surface area contributed by atoms with Gasteiger partial charge in [0.05, 0.1) is 58.2 Å². The molecule has 0 aliphatic rings. The van der Waals surface area contributed by atoms with Gasteiger partial charge in [-0.3, -0.25) is 0 Å². The van der Waals surface area contributed by atoms with Gasteiger partial charge in [-0.05, 0) is 96.7 Å². The van der Waals surface area contributed by atoms with Crippen molar-refractivity contribution in [3.8, 4) is 22.3 Å². The van der Waals surface area contributed by atoms with E-state index in [0.717, 1.165) is 110 Å². The summed E-state index contributed by atoms with van der Waals surface area (Å²) in [5.74, 6) is 0. The van der Waals surface area contributed by atoms with Crippen LogP contribution in [-0.4, -0.2) is 8.80 Å². The van der Waals surface area contributed by atoms with Gasteiger partial charge in [-0.1, -0.05) is 182 Å². The van der Waals surface area contributed by atoms with E-state index in [1.54, 1.807) is 0 Å². The van der Waals surface area contributed by atoms with Crippen LogP contribution < -0.4 is 9.80 Å². The van der Waals surface area contributed by atoms with Crippen LogP contribution in [0.3, 0.4) is 0 Å². The molecule has 0 aliphatic carbocycles. The molecule has 0 spiro atoms. The van der Waals surface area contributed by atoms with Gasteiger partial charge in [-0.2, -0.15) is 0 Å². The summed E-state index contributed by atoms with van der Waals surface area (Å²) in [6.07, 6.45) is 0. The average molecular weight is 929 g/mol. The maximum atomic E-state index is 9.46. The van der Waals surface area contributed by atoms with Gasteiger partial charge in [0.1, 0.15) is 0 Å². The third-order valence-electron chi connectivity index (χ3n) is 14.8. The van der Waals surface area contributed by atoms with Crippen molar-refractivity contribution in [1.82, 2.24) is 8.80 Å². The average Bonchev–Trinajstić information content (AvgIpc) is 1.93. The largest absolute Gasteiger partial charge is 0.310 e. The number of hydrogen-bond acceptors (Lipinski definition) is 2. The molecule has 15 aromatic rings. The van der Waals surface area contributed by atoms with Crippen molar-refractivity contribution in [3.63, 3.8) is 0 Å². The van der Waals surface area contributed by atoms with Gasteiger partial charge in [-0.25, -0.2) is 0 Å². The summed E-state index contributed by atoms with van der Waals surface area (Å²) in [6.45, 7) is 3.94. The first kappa shape index (κ1) is 31.7. The zero-order valence-electron chi connectivity index (χ0n) is 49.1. The van der Waals surface area contributed by atoms with Crippen LogP contribution in [0.4, 0.5) is 34.1 Å². The Balaban J connectivity index is 1.18. The molecule has 0 radical (unpaired) electrons. The van der Waals surface area contributed by atoms with E-state index in [-0.39, 0.29) is 35.5 Å². The van der Waals surface area contributed by atoms with Crippen molar-refractivity contribution in [2.24, 2.45) is 0 Å². The van der Waals surface area contributed by atoms with Crippen molar-refractivity contribution in [2.45, 2.75) is 13.8 Å². The Hall–Kier alpha value is -9.38. The lowest BCUT2D eigenvalue weighted by molar-refractivity contribution is 1.26. The summed E-state index contributed by atoms with van der Waals surface area (Å²) < 4.78 is 95.5. The van der Waals surface area contributed by atoms with E-state index in [1.165, 1.54) is 0 Å². The van der Waals surface area contributed by atoms with Crippen LogP contribution in [-0.2, 0) is 0 Å². The molecule has 4 heterocycles. The highest BCUT2D eigenvalue weighted by Crippen LogP contribution is 2.57. The molecular formula is C68H46N4. The number of para-hydroxylation sites is 6. The Morgan fingerprint density at radius 2 is 0.694 bits per heavy atom. The second-order valence-electron chi connectivity index (χ2n) is 18.5. The lowest BCUT2D eigenvalue weighted by atomic mass is 9.89. The summed E-state index contributed by atoms with van der Waals surface area (Å²) in [4.78, 5) is 3.71. The number of hydrogen-bond donors (Lipinski definition) is 0. The van der Waals surface area contributed by atoms with Crippen LogP contribution in [0.5, 0.6) is 0 Å². The fraction of sp³-hybridized carbons (Fsp3) is 0.0294. The maximum Gasteiger partial charge on any atom is 0.0645 e. The summed E-state index contributed by atoms with van der Waals surface area (Å²) in [5, 5.41) is 7.41. The molecule has 15 rings (SSSR count). The third-order valence-corrected chi connectivity index (χ3v) is 14.8. The molecule has 4 heteroatoms. The van der Waals surface area contributed by atoms with E-state index in [2.05, 4.69) is 93.7 Å². The summed E-state index contributed by atoms with van der Waals surface area (Å²) >= 11 is 0. The van der Waals surface area contributed by atoms with Gasteiger partial charge < -0.3 is 18.6 Å². The van der Waals surface area contributed by atoms with E-state index in [0.29, 0.717) is 22.7 Å². The van der Waals surface area contributed by atoms with Crippen LogP contribution in [0.25, 0.3) is 98.4 Å². The quantitative estimate of drug-likeness (QED) is 0.151. The zero-order valence-corrected chi connectivity index (χ0v) is 39.1. The SMILES string of the molecule is [2H]c1c([2H])c([2H])c(N(c2ccccc2C)c2ccc3c4c(-c5ccccc5)c5c(c(-c6ccccc6)c4n4c6ccccc6c2c34)c2ccc(N(c3ccccc3C)c3c([2H])c([2H])c([2H])c([2H])c3[2H])c3c4ccccc4n5c23)c([2H])c1[2H]. The minimum atomic E-state index is -0.466. The highest BCUT2D eigenvalue weighted by atomic mass is 15.2. The first-order valence-electron chi connectivity index (χ1n) is 29.1. The molecule has 0 atom stereocenters. The summed E-state index contributed by atoms with van der Waals surface area (Å²) in [7, 11) is 0. The molecule has 11 aromatic carbocycles. The molecule has 0 aliphatic heterocycles. The van der Waals surface area contributed by atoms with Gasteiger partial charge in [0.15, 0.2) is 0 Å². The number of nitrogens with zero attached hydrogens (tertiary/aromatic N) is 4. The summed E-state index contributed by atoms with van der Waals surface area (Å²) in [5.41, 5.74) is 13.9. The van der Waals surface area contributed by atoms with Gasteiger partial charge in [0.2, 0.25) is 0 Å². The van der Waals surface area contributed by atoms with Crippen LogP contribution in [0, 0.1) is 13.8 Å². The smallest absolute Gasteiger partial charge is 0.0645 e. The predicted octanol–water partition coefficient (Wildman–Crippen LogP) is 18.9. The first-order valence-corrected chi connectivity index (χ1v) is 24.1. The molecule has 4 aromatic heterocycles. The molecule has 338 valence electrons. The van der Waals surface area contributed by atoms with Crippen molar-refractivity contribution in [1.29, 1.82) is 0 Å². The van der Waals surface area contributed by atoms with E-state index in [9.17, 15) is 5.48 Å². The van der Waals surface area contributed by atoms with Gasteiger partial charge in [-0.15, -0.1) is 0 Å². The Bertz CT molecular complexity index is 4830. The fourth-order valence-electron chi connectivity index (χ4n) is 11.9. The molecule has 0 fully saturated rings. The molecule has 0 bridgehead atoms. The topological polar surface area (TPSA) is 15.3 Å². The van der Waals surface area contributed by atoms with Crippen molar-refractivity contribution < 1.29 is 13.7 Å². The molecule has 0 N–H and O–H groups in total. The standard InChI is InChI=1S/C68H46N4/c1-43-23-15-19-35-53(43)69(47-29-11-5-12-30-47)57-41-39-51-63-59(45-25-7-3-8-26-45)68-64(60(46-27-9-4-10-28-46)67(63)71-55-37-21-17-33-49(55)61(57)65(51)71)52-40-42-58(62-50-34-18-22-38-56(50)72(68)66(52)62)70(48-31-13-6-14-32-48)54-36-20-16-24-44(54)2/h3-42H,1-2H3/i5D,6D,11D,12D,13D,14D,29D,30D,31D,32D. The van der Waals surface area contributed by atoms with Crippen LogP contribution in [0.2, 0.25) is 0 Å². The molecule has 72 heavy (non-hydrogen) atoms. The fourth-order valence-corrected chi connectivity index (χ4v) is 11.9. The Morgan fingerprint density at radius 3 is 1.11 bits per heavy atom. The van der Waals surface area contributed by atoms with Gasteiger partial charge >= 0.3 is 0 Å². The van der Waals surface area contributed by atoms with Crippen molar-refractivity contribution >= 4 is 110 Å². The monoisotopic (exact) mass is 928 g/mol. The van der Waals surface area contributed by atoms with E-state index >= 15 is 0 Å². The second-order valence-corrected chi connectivity index (χ2v) is 18.5. The second kappa shape index (κ2) is 15.6. The van der Waals surface area contributed by atoms with Gasteiger partial charge in [0.25, 0.3) is 0 Å². The molecular weight excluding hydrogens is 873 g/mol. The zero-order chi connectivity index (χ0) is 56.3. The predicted molar refractivity (Wildman–Crippen MR) is 305 cm³/mol. The normalized spacial score (nSPS) is 14.0. The number of fused-ring (bicyclic) bond motifs is 12. The Morgan fingerprint density at radius 1 is 0.319 bits per heavy atom. The minimum absolute atomic E-state index is 0.0453. The molecule has 4 nitrogen and oxygen atoms in total. The lowest BCUT2D eigenvalue weighted by Crippen LogP contribution is -2.11. The highest BCUT2D eigenvalue weighted by molar-refractivity contribution is 6.39. The number of aryl methyl sites for hydroxylation is 2. The molecule has 0 amide bonds. The number of rotatable bonds is 8. The lowest BCUT2D eigenvalue weighted by Gasteiger charge is -2.28. The minimum Gasteiger partial charge on any atom is -0.310 e. The Labute approximate surface area is 430 Å². The van der Waals surface area contributed by atoms with Gasteiger partial charge in [0, 0.05) is 77.0 Å². The Kier molecular flexibility index (Phi) is 6.85. The van der Waals surface area contributed by atoms with Crippen LogP contribution in [0.15, 0.2) is 242 Å². The van der Waals surface area contributed by atoms with Crippen LogP contribution >= 0.6 is 0 Å². The maximum absolute atomic E-state index is 9.46. The van der Waals surface area contributed by atoms with Crippen molar-refractivity contribution in [3.05, 3.63) is 254 Å². The first-order chi connectivity index (χ1) is 39.8. The highest BCUT2D eigenvalue weighted by Gasteiger charge is 2.33. The number of anilines is 6. The number of aromatic nitrogens is 2. The van der Waals surface area contributed by atoms with E-state index < -0.39 is 36.3 Å². The molecule has 0 unspecified atom stereocenters. The van der Waals surface area contributed by atoms with E-state index in [1.807, 2.05) is 121 Å². The molecule has 0 saturated carbocycles. The third kappa shape index (κ3) is 5.57. The van der Waals surface area contributed by atoms with Crippen LogP contribution in [0.1, 0.15) is 24.8 Å².